The third-order valence-electron chi connectivity index (χ3n) is 2.79. The Hall–Kier alpha value is -2.41. The quantitative estimate of drug-likeness (QED) is 0.736. The van der Waals surface area contributed by atoms with E-state index in [2.05, 4.69) is 15.0 Å². The molecular weight excluding hydrogens is 276 g/mol. The molecule has 3 rings (SSSR count). The molecule has 3 heterocycles. The minimum atomic E-state index is -0.800. The largest absolute Gasteiger partial charge is 0.481 e. The zero-order valence-electron chi connectivity index (χ0n) is 10.4. The van der Waals surface area contributed by atoms with E-state index in [-0.39, 0.29) is 6.42 Å². The van der Waals surface area contributed by atoms with Crippen molar-refractivity contribution in [2.45, 2.75) is 13.0 Å². The number of carboxylic acids is 1. The summed E-state index contributed by atoms with van der Waals surface area (Å²) in [5.74, 6) is -0.800. The fraction of sp³-hybridized carbons (Fsp3) is 0.154. The Balaban J connectivity index is 1.85. The summed E-state index contributed by atoms with van der Waals surface area (Å²) in [5, 5.41) is 9.53. The molecule has 0 saturated heterocycles. The number of aromatic nitrogens is 4. The summed E-state index contributed by atoms with van der Waals surface area (Å²) in [5.41, 5.74) is 1.68. The maximum absolute atomic E-state index is 10.5. The average molecular weight is 287 g/mol. The van der Waals surface area contributed by atoms with Crippen molar-refractivity contribution in [3.63, 3.8) is 0 Å². The first-order valence-corrected chi connectivity index (χ1v) is 6.82. The van der Waals surface area contributed by atoms with Gasteiger partial charge in [0.2, 0.25) is 0 Å². The molecule has 0 radical (unpaired) electrons. The van der Waals surface area contributed by atoms with Gasteiger partial charge in [0.15, 0.2) is 24.6 Å². The van der Waals surface area contributed by atoms with E-state index in [1.807, 2.05) is 29.1 Å². The average Bonchev–Trinajstić information content (AvgIpc) is 2.89. The summed E-state index contributed by atoms with van der Waals surface area (Å²) in [6.45, 7) is 0.459. The van der Waals surface area contributed by atoms with E-state index in [0.29, 0.717) is 12.2 Å². The van der Waals surface area contributed by atoms with E-state index >= 15 is 0 Å². The Morgan fingerprint density at radius 1 is 1.35 bits per heavy atom. The number of thiazole rings is 1. The topological polar surface area (TPSA) is 79.9 Å². The Bertz CT molecular complexity index is 721. The van der Waals surface area contributed by atoms with Crippen LogP contribution in [0.1, 0.15) is 6.42 Å². The number of rotatable bonds is 4. The fourth-order valence-electron chi connectivity index (χ4n) is 1.79. The van der Waals surface area contributed by atoms with Gasteiger partial charge in [-0.25, -0.2) is 19.5 Å². The van der Waals surface area contributed by atoms with Crippen LogP contribution in [0, 0.1) is 0 Å². The molecule has 0 amide bonds. The zero-order chi connectivity index (χ0) is 13.9. The lowest BCUT2D eigenvalue weighted by Crippen LogP contribution is -2.33. The lowest BCUT2D eigenvalue weighted by molar-refractivity contribution is -0.695. The van der Waals surface area contributed by atoms with Crippen molar-refractivity contribution in [1.29, 1.82) is 0 Å². The number of aliphatic carboxylic acids is 1. The van der Waals surface area contributed by atoms with Gasteiger partial charge in [-0.2, -0.15) is 0 Å². The first-order valence-electron chi connectivity index (χ1n) is 6.00. The zero-order valence-corrected chi connectivity index (χ0v) is 11.2. The van der Waals surface area contributed by atoms with E-state index in [9.17, 15) is 4.79 Å². The molecule has 0 aliphatic carbocycles. The van der Waals surface area contributed by atoms with Crippen molar-refractivity contribution in [1.82, 2.24) is 15.0 Å². The minimum Gasteiger partial charge on any atom is -0.481 e. The molecule has 0 bridgehead atoms. The second kappa shape index (κ2) is 5.30. The van der Waals surface area contributed by atoms with Crippen LogP contribution in [0.5, 0.6) is 0 Å². The van der Waals surface area contributed by atoms with Gasteiger partial charge in [0.1, 0.15) is 17.8 Å². The highest BCUT2D eigenvalue weighted by Crippen LogP contribution is 2.27. The van der Waals surface area contributed by atoms with Gasteiger partial charge in [0.25, 0.3) is 0 Å². The Kier molecular flexibility index (Phi) is 3.34. The lowest BCUT2D eigenvalue weighted by Gasteiger charge is -1.96. The molecule has 6 nitrogen and oxygen atoms in total. The number of carboxylic acid groups (broad SMARTS) is 1. The number of pyridine rings is 1. The third-order valence-corrected chi connectivity index (χ3v) is 3.82. The number of hydrogen-bond acceptors (Lipinski definition) is 5. The molecule has 0 spiro atoms. The molecule has 0 aromatic carbocycles. The summed E-state index contributed by atoms with van der Waals surface area (Å²) in [6.07, 6.45) is 7.06. The van der Waals surface area contributed by atoms with Crippen LogP contribution in [0.4, 0.5) is 0 Å². The van der Waals surface area contributed by atoms with Gasteiger partial charge in [-0.1, -0.05) is 0 Å². The molecule has 0 aliphatic rings. The van der Waals surface area contributed by atoms with Crippen LogP contribution in [0.25, 0.3) is 20.9 Å². The van der Waals surface area contributed by atoms with E-state index in [1.54, 1.807) is 6.20 Å². The van der Waals surface area contributed by atoms with Gasteiger partial charge in [-0.3, -0.25) is 4.79 Å². The summed E-state index contributed by atoms with van der Waals surface area (Å²) >= 11 is 1.53. The first-order chi connectivity index (χ1) is 9.72. The number of aryl methyl sites for hydroxylation is 1. The van der Waals surface area contributed by atoms with Gasteiger partial charge < -0.3 is 5.11 Å². The van der Waals surface area contributed by atoms with Crippen molar-refractivity contribution >= 4 is 27.7 Å². The highest BCUT2D eigenvalue weighted by molar-refractivity contribution is 7.21. The monoisotopic (exact) mass is 287 g/mol. The van der Waals surface area contributed by atoms with E-state index < -0.39 is 5.97 Å². The van der Waals surface area contributed by atoms with E-state index in [4.69, 9.17) is 5.11 Å². The maximum atomic E-state index is 10.5. The van der Waals surface area contributed by atoms with Crippen LogP contribution in [0.15, 0.2) is 37.1 Å². The maximum Gasteiger partial charge on any atom is 0.309 e. The molecule has 3 aromatic heterocycles. The van der Waals surface area contributed by atoms with Gasteiger partial charge >= 0.3 is 5.97 Å². The lowest BCUT2D eigenvalue weighted by atomic mass is 10.3. The molecule has 0 saturated carbocycles. The molecular formula is C13H11N4O2S+. The molecule has 7 heteroatoms. The minimum absolute atomic E-state index is 0.112. The number of hydrogen-bond donors (Lipinski definition) is 1. The molecule has 20 heavy (non-hydrogen) atoms. The predicted molar refractivity (Wildman–Crippen MR) is 73.1 cm³/mol. The van der Waals surface area contributed by atoms with Crippen molar-refractivity contribution in [3.05, 3.63) is 37.1 Å². The molecule has 0 atom stereocenters. The van der Waals surface area contributed by atoms with Crippen LogP contribution >= 0.6 is 11.3 Å². The van der Waals surface area contributed by atoms with Gasteiger partial charge in [0.05, 0.1) is 4.70 Å². The summed E-state index contributed by atoms with van der Waals surface area (Å²) in [4.78, 5) is 23.1. The van der Waals surface area contributed by atoms with Crippen molar-refractivity contribution in [2.75, 3.05) is 0 Å². The number of nitrogens with zero attached hydrogens (tertiary/aromatic N) is 4. The Labute approximate surface area is 118 Å². The van der Waals surface area contributed by atoms with Gasteiger partial charge in [-0.15, -0.1) is 11.3 Å². The summed E-state index contributed by atoms with van der Waals surface area (Å²) < 4.78 is 2.79. The highest BCUT2D eigenvalue weighted by Gasteiger charge is 2.09. The van der Waals surface area contributed by atoms with E-state index in [1.165, 1.54) is 17.7 Å². The molecule has 0 unspecified atom stereocenters. The third kappa shape index (κ3) is 2.62. The van der Waals surface area contributed by atoms with E-state index in [0.717, 1.165) is 15.3 Å². The molecule has 3 aromatic rings. The smallest absolute Gasteiger partial charge is 0.309 e. The van der Waals surface area contributed by atoms with Gasteiger partial charge in [-0.05, 0) is 0 Å². The first kappa shape index (κ1) is 12.6. The van der Waals surface area contributed by atoms with Crippen LogP contribution in [-0.2, 0) is 11.3 Å². The van der Waals surface area contributed by atoms with Crippen molar-refractivity contribution < 1.29 is 14.5 Å². The summed E-state index contributed by atoms with van der Waals surface area (Å²) in [6, 6.07) is 3.85. The van der Waals surface area contributed by atoms with Crippen LogP contribution < -0.4 is 4.57 Å². The van der Waals surface area contributed by atoms with Crippen molar-refractivity contribution in [2.24, 2.45) is 0 Å². The highest BCUT2D eigenvalue weighted by atomic mass is 32.1. The van der Waals surface area contributed by atoms with Gasteiger partial charge in [0, 0.05) is 23.9 Å². The SMILES string of the molecule is O=C(O)CC[n+]1ccc(-c2nc3ncncc3s2)cc1. The standard InChI is InChI=1S/C13H10N4O2S/c18-11(19)3-6-17-4-1-9(2-5-17)13-16-12-10(20-13)7-14-8-15-12/h1-2,4-5,7-8H,3,6H2/p+1. The second-order valence-corrected chi connectivity index (χ2v) is 5.23. The Morgan fingerprint density at radius 3 is 2.85 bits per heavy atom. The Morgan fingerprint density at radius 2 is 2.15 bits per heavy atom. The number of carbonyl (C=O) groups is 1. The van der Waals surface area contributed by atoms with Crippen molar-refractivity contribution in [3.8, 4) is 10.6 Å². The second-order valence-electron chi connectivity index (χ2n) is 4.20. The molecule has 100 valence electrons. The molecule has 0 aliphatic heterocycles. The molecule has 0 fully saturated rings. The molecule has 1 N–H and O–H groups in total. The predicted octanol–water partition coefficient (Wildman–Crippen LogP) is 1.52. The summed E-state index contributed by atoms with van der Waals surface area (Å²) in [7, 11) is 0. The normalized spacial score (nSPS) is 10.8. The fourth-order valence-corrected chi connectivity index (χ4v) is 2.68. The van der Waals surface area contributed by atoms with Crippen LogP contribution in [0.3, 0.4) is 0 Å². The van der Waals surface area contributed by atoms with Crippen LogP contribution in [-0.4, -0.2) is 26.0 Å². The van der Waals surface area contributed by atoms with Crippen LogP contribution in [0.2, 0.25) is 0 Å². The number of fused-ring (bicyclic) bond motifs is 1.